The number of rotatable bonds is 2. The SMILES string of the molecule is CC(C)c1cccc(OC(=O)N2CCC2)c1. The van der Waals surface area contributed by atoms with Crippen LogP contribution in [0.3, 0.4) is 0 Å². The lowest BCUT2D eigenvalue weighted by Gasteiger charge is -2.29. The van der Waals surface area contributed by atoms with Gasteiger partial charge in [-0.1, -0.05) is 26.0 Å². The van der Waals surface area contributed by atoms with E-state index in [4.69, 9.17) is 4.74 Å². The van der Waals surface area contributed by atoms with Gasteiger partial charge < -0.3 is 9.64 Å². The van der Waals surface area contributed by atoms with Gasteiger partial charge in [0, 0.05) is 13.1 Å². The monoisotopic (exact) mass is 219 g/mol. The summed E-state index contributed by atoms with van der Waals surface area (Å²) in [6.07, 6.45) is 0.855. The maximum atomic E-state index is 11.6. The summed E-state index contributed by atoms with van der Waals surface area (Å²) in [5.41, 5.74) is 1.19. The molecule has 0 bridgehead atoms. The van der Waals surface area contributed by atoms with Gasteiger partial charge in [0.1, 0.15) is 5.75 Å². The highest BCUT2D eigenvalue weighted by Crippen LogP contribution is 2.21. The summed E-state index contributed by atoms with van der Waals surface area (Å²) in [5.74, 6) is 1.09. The molecule has 86 valence electrons. The average Bonchev–Trinajstić information content (AvgIpc) is 2.15. The van der Waals surface area contributed by atoms with Crippen LogP contribution < -0.4 is 4.74 Å². The topological polar surface area (TPSA) is 29.5 Å². The van der Waals surface area contributed by atoms with Gasteiger partial charge in [0.25, 0.3) is 0 Å². The standard InChI is InChI=1S/C13H17NO2/c1-10(2)11-5-3-6-12(9-11)16-13(15)14-7-4-8-14/h3,5-6,9-10H,4,7-8H2,1-2H3. The number of nitrogens with zero attached hydrogens (tertiary/aromatic N) is 1. The molecule has 1 fully saturated rings. The van der Waals surface area contributed by atoms with E-state index in [-0.39, 0.29) is 6.09 Å². The zero-order valence-electron chi connectivity index (χ0n) is 9.77. The Kier molecular flexibility index (Phi) is 3.13. The Morgan fingerprint density at radius 3 is 2.69 bits per heavy atom. The largest absolute Gasteiger partial charge is 0.415 e. The van der Waals surface area contributed by atoms with Crippen molar-refractivity contribution in [2.75, 3.05) is 13.1 Å². The fraction of sp³-hybridized carbons (Fsp3) is 0.462. The Morgan fingerprint density at radius 2 is 2.12 bits per heavy atom. The summed E-state index contributed by atoms with van der Waals surface area (Å²) in [4.78, 5) is 13.3. The van der Waals surface area contributed by atoms with Gasteiger partial charge in [0.05, 0.1) is 0 Å². The molecule has 0 N–H and O–H groups in total. The van der Waals surface area contributed by atoms with Gasteiger partial charge in [-0.3, -0.25) is 0 Å². The Balaban J connectivity index is 2.03. The number of ether oxygens (including phenoxy) is 1. The molecule has 0 aromatic heterocycles. The molecule has 3 heteroatoms. The molecule has 1 amide bonds. The maximum absolute atomic E-state index is 11.6. The number of likely N-dealkylation sites (tertiary alicyclic amines) is 1. The van der Waals surface area contributed by atoms with Crippen LogP contribution >= 0.6 is 0 Å². The first kappa shape index (κ1) is 11.0. The van der Waals surface area contributed by atoms with E-state index < -0.39 is 0 Å². The fourth-order valence-electron chi connectivity index (χ4n) is 1.60. The minimum atomic E-state index is -0.229. The van der Waals surface area contributed by atoms with Crippen LogP contribution in [-0.4, -0.2) is 24.1 Å². The lowest BCUT2D eigenvalue weighted by atomic mass is 10.0. The lowest BCUT2D eigenvalue weighted by molar-refractivity contribution is 0.125. The number of carbonyl (C=O) groups excluding carboxylic acids is 1. The van der Waals surface area contributed by atoms with E-state index in [1.54, 1.807) is 4.90 Å². The molecular weight excluding hydrogens is 202 g/mol. The summed E-state index contributed by atoms with van der Waals surface area (Å²) < 4.78 is 5.30. The van der Waals surface area contributed by atoms with Crippen LogP contribution in [0.2, 0.25) is 0 Å². The summed E-state index contributed by atoms with van der Waals surface area (Å²) in [6.45, 7) is 5.89. The predicted molar refractivity (Wildman–Crippen MR) is 62.7 cm³/mol. The van der Waals surface area contributed by atoms with Crippen LogP contribution in [-0.2, 0) is 0 Å². The van der Waals surface area contributed by atoms with Crippen LogP contribution in [0.15, 0.2) is 24.3 Å². The summed E-state index contributed by atoms with van der Waals surface area (Å²) in [6, 6.07) is 7.73. The molecule has 1 heterocycles. The van der Waals surface area contributed by atoms with E-state index in [9.17, 15) is 4.79 Å². The molecule has 1 saturated heterocycles. The van der Waals surface area contributed by atoms with Gasteiger partial charge in [-0.15, -0.1) is 0 Å². The Bertz CT molecular complexity index is 383. The first-order chi connectivity index (χ1) is 7.66. The number of hydrogen-bond donors (Lipinski definition) is 0. The average molecular weight is 219 g/mol. The van der Waals surface area contributed by atoms with E-state index in [0.29, 0.717) is 11.7 Å². The smallest absolute Gasteiger partial charge is 0.410 e. The van der Waals surface area contributed by atoms with Crippen molar-refractivity contribution in [3.8, 4) is 5.75 Å². The molecule has 0 saturated carbocycles. The summed E-state index contributed by atoms with van der Waals surface area (Å²) >= 11 is 0. The molecule has 1 aromatic rings. The molecule has 0 spiro atoms. The third kappa shape index (κ3) is 2.35. The van der Waals surface area contributed by atoms with Crippen molar-refractivity contribution in [3.05, 3.63) is 29.8 Å². The lowest BCUT2D eigenvalue weighted by Crippen LogP contribution is -2.43. The molecular formula is C13H17NO2. The number of benzene rings is 1. The molecule has 16 heavy (non-hydrogen) atoms. The van der Waals surface area contributed by atoms with Gasteiger partial charge in [0.2, 0.25) is 0 Å². The number of hydrogen-bond acceptors (Lipinski definition) is 2. The van der Waals surface area contributed by atoms with E-state index in [1.807, 2.05) is 24.3 Å². The molecule has 2 rings (SSSR count). The highest BCUT2D eigenvalue weighted by atomic mass is 16.6. The van der Waals surface area contributed by atoms with Gasteiger partial charge in [0.15, 0.2) is 0 Å². The summed E-state index contributed by atoms with van der Waals surface area (Å²) in [7, 11) is 0. The van der Waals surface area contributed by atoms with Gasteiger partial charge in [-0.2, -0.15) is 0 Å². The van der Waals surface area contributed by atoms with Crippen molar-refractivity contribution in [1.29, 1.82) is 0 Å². The van der Waals surface area contributed by atoms with Gasteiger partial charge in [-0.05, 0) is 30.0 Å². The van der Waals surface area contributed by atoms with Crippen molar-refractivity contribution < 1.29 is 9.53 Å². The quantitative estimate of drug-likeness (QED) is 0.765. The highest BCUT2D eigenvalue weighted by Gasteiger charge is 2.21. The molecule has 3 nitrogen and oxygen atoms in total. The van der Waals surface area contributed by atoms with E-state index in [2.05, 4.69) is 13.8 Å². The molecule has 1 aliphatic heterocycles. The normalized spacial score (nSPS) is 14.8. The first-order valence-corrected chi connectivity index (χ1v) is 5.73. The highest BCUT2D eigenvalue weighted by molar-refractivity contribution is 5.71. The van der Waals surface area contributed by atoms with Crippen molar-refractivity contribution in [2.45, 2.75) is 26.2 Å². The molecule has 1 aliphatic rings. The molecule has 0 aliphatic carbocycles. The molecule has 0 atom stereocenters. The van der Waals surface area contributed by atoms with Crippen molar-refractivity contribution in [1.82, 2.24) is 4.90 Å². The number of carbonyl (C=O) groups is 1. The second kappa shape index (κ2) is 4.56. The minimum Gasteiger partial charge on any atom is -0.410 e. The molecule has 0 unspecified atom stereocenters. The first-order valence-electron chi connectivity index (χ1n) is 5.73. The van der Waals surface area contributed by atoms with Crippen LogP contribution in [0.5, 0.6) is 5.75 Å². The van der Waals surface area contributed by atoms with Crippen LogP contribution in [0.1, 0.15) is 31.7 Å². The van der Waals surface area contributed by atoms with Crippen LogP contribution in [0, 0.1) is 0 Å². The fourth-order valence-corrected chi connectivity index (χ4v) is 1.60. The second-order valence-electron chi connectivity index (χ2n) is 4.44. The van der Waals surface area contributed by atoms with Crippen molar-refractivity contribution in [2.24, 2.45) is 0 Å². The molecule has 0 radical (unpaired) electrons. The molecule has 1 aromatic carbocycles. The number of amides is 1. The zero-order chi connectivity index (χ0) is 11.5. The third-order valence-corrected chi connectivity index (χ3v) is 2.84. The third-order valence-electron chi connectivity index (χ3n) is 2.84. The predicted octanol–water partition coefficient (Wildman–Crippen LogP) is 3.01. The van der Waals surface area contributed by atoms with Crippen LogP contribution in [0.4, 0.5) is 4.79 Å². The van der Waals surface area contributed by atoms with Crippen molar-refractivity contribution >= 4 is 6.09 Å². The van der Waals surface area contributed by atoms with Crippen LogP contribution in [0.25, 0.3) is 0 Å². The second-order valence-corrected chi connectivity index (χ2v) is 4.44. The minimum absolute atomic E-state index is 0.229. The Hall–Kier alpha value is -1.51. The zero-order valence-corrected chi connectivity index (χ0v) is 9.77. The maximum Gasteiger partial charge on any atom is 0.415 e. The van der Waals surface area contributed by atoms with E-state index in [0.717, 1.165) is 19.5 Å². The Morgan fingerprint density at radius 1 is 1.38 bits per heavy atom. The van der Waals surface area contributed by atoms with Gasteiger partial charge in [-0.25, -0.2) is 4.79 Å². The van der Waals surface area contributed by atoms with Gasteiger partial charge >= 0.3 is 6.09 Å². The van der Waals surface area contributed by atoms with Crippen molar-refractivity contribution in [3.63, 3.8) is 0 Å². The van der Waals surface area contributed by atoms with E-state index in [1.165, 1.54) is 5.56 Å². The summed E-state index contributed by atoms with van der Waals surface area (Å²) in [5, 5.41) is 0. The van der Waals surface area contributed by atoms with E-state index >= 15 is 0 Å². The Labute approximate surface area is 96.0 Å².